The maximum absolute atomic E-state index is 12.5. The minimum Gasteiger partial charge on any atom is -0.476 e. The van der Waals surface area contributed by atoms with E-state index in [9.17, 15) is 14.7 Å². The number of hydrogen-bond donors (Lipinski definition) is 2. The molecular weight excluding hydrogens is 344 g/mol. The molecule has 1 heterocycles. The van der Waals surface area contributed by atoms with E-state index in [1.807, 2.05) is 25.1 Å². The van der Waals surface area contributed by atoms with Crippen molar-refractivity contribution in [2.45, 2.75) is 13.5 Å². The highest BCUT2D eigenvalue weighted by molar-refractivity contribution is 6.04. The second kappa shape index (κ2) is 7.54. The van der Waals surface area contributed by atoms with Gasteiger partial charge < -0.3 is 10.4 Å². The first-order valence-electron chi connectivity index (χ1n) is 8.14. The highest BCUT2D eigenvalue weighted by Gasteiger charge is 2.16. The van der Waals surface area contributed by atoms with Gasteiger partial charge in [0.2, 0.25) is 0 Å². The number of hydrogen-bond acceptors (Lipinski definition) is 4. The van der Waals surface area contributed by atoms with Crippen LogP contribution in [0.1, 0.15) is 37.5 Å². The van der Waals surface area contributed by atoms with Crippen LogP contribution in [0.3, 0.4) is 0 Å². The molecule has 1 amide bonds. The molecule has 0 saturated carbocycles. The summed E-state index contributed by atoms with van der Waals surface area (Å²) in [6.45, 7) is 2.18. The fourth-order valence-corrected chi connectivity index (χ4v) is 2.49. The Morgan fingerprint density at radius 3 is 2.41 bits per heavy atom. The second-order valence-corrected chi connectivity index (χ2v) is 6.01. The summed E-state index contributed by atoms with van der Waals surface area (Å²) in [4.78, 5) is 23.7. The second-order valence-electron chi connectivity index (χ2n) is 6.01. The van der Waals surface area contributed by atoms with Gasteiger partial charge in [-0.05, 0) is 36.8 Å². The van der Waals surface area contributed by atoms with Gasteiger partial charge in [-0.3, -0.25) is 4.79 Å². The number of aromatic nitrogens is 2. The Labute approximate surface area is 155 Å². The minimum atomic E-state index is -1.18. The van der Waals surface area contributed by atoms with Gasteiger partial charge in [-0.25, -0.2) is 9.48 Å². The van der Waals surface area contributed by atoms with Gasteiger partial charge in [-0.1, -0.05) is 29.8 Å². The summed E-state index contributed by atoms with van der Waals surface area (Å²) in [6.07, 6.45) is 0. The molecule has 0 bridgehead atoms. The summed E-state index contributed by atoms with van der Waals surface area (Å²) in [6, 6.07) is 17.3. The topological polar surface area (TPSA) is 108 Å². The van der Waals surface area contributed by atoms with E-state index in [-0.39, 0.29) is 24.0 Å². The molecule has 2 aromatic carbocycles. The number of carboxylic acids is 1. The van der Waals surface area contributed by atoms with Crippen LogP contribution in [0.15, 0.2) is 54.6 Å². The van der Waals surface area contributed by atoms with Crippen LogP contribution in [0.2, 0.25) is 0 Å². The van der Waals surface area contributed by atoms with E-state index in [2.05, 4.69) is 10.4 Å². The number of anilines is 1. The van der Waals surface area contributed by atoms with E-state index in [0.29, 0.717) is 11.1 Å². The zero-order valence-electron chi connectivity index (χ0n) is 14.5. The average molecular weight is 360 g/mol. The molecule has 0 fully saturated rings. The number of carbonyl (C=O) groups excluding carboxylic acids is 1. The minimum absolute atomic E-state index is 0.164. The number of benzene rings is 2. The van der Waals surface area contributed by atoms with Gasteiger partial charge in [-0.15, -0.1) is 0 Å². The Morgan fingerprint density at radius 1 is 1.15 bits per heavy atom. The molecule has 27 heavy (non-hydrogen) atoms. The first kappa shape index (κ1) is 17.9. The molecule has 0 saturated heterocycles. The summed E-state index contributed by atoms with van der Waals surface area (Å²) >= 11 is 0. The normalized spacial score (nSPS) is 10.2. The molecule has 134 valence electrons. The fourth-order valence-electron chi connectivity index (χ4n) is 2.49. The Morgan fingerprint density at radius 2 is 1.81 bits per heavy atom. The van der Waals surface area contributed by atoms with E-state index >= 15 is 0 Å². The third-order valence-corrected chi connectivity index (χ3v) is 3.97. The molecule has 0 aliphatic rings. The van der Waals surface area contributed by atoms with Gasteiger partial charge in [0.15, 0.2) is 5.69 Å². The van der Waals surface area contributed by atoms with Gasteiger partial charge in [0.05, 0.1) is 18.2 Å². The number of nitrogens with one attached hydrogen (secondary N) is 1. The van der Waals surface area contributed by atoms with Gasteiger partial charge in [0.1, 0.15) is 5.82 Å². The van der Waals surface area contributed by atoms with Crippen molar-refractivity contribution < 1.29 is 14.7 Å². The highest BCUT2D eigenvalue weighted by Crippen LogP contribution is 2.16. The lowest BCUT2D eigenvalue weighted by Gasteiger charge is -2.09. The van der Waals surface area contributed by atoms with Crippen LogP contribution in [0.25, 0.3) is 0 Å². The molecule has 0 aliphatic heterocycles. The molecule has 0 unspecified atom stereocenters. The van der Waals surface area contributed by atoms with E-state index < -0.39 is 5.97 Å². The molecule has 1 aromatic heterocycles. The largest absolute Gasteiger partial charge is 0.476 e. The number of nitriles is 1. The zero-order valence-corrected chi connectivity index (χ0v) is 14.5. The Bertz CT molecular complexity index is 1030. The average Bonchev–Trinajstić information content (AvgIpc) is 3.05. The first-order valence-corrected chi connectivity index (χ1v) is 8.14. The number of aromatic carboxylic acids is 1. The lowest BCUT2D eigenvalue weighted by molar-refractivity contribution is 0.0689. The molecule has 7 heteroatoms. The van der Waals surface area contributed by atoms with Crippen molar-refractivity contribution in [2.75, 3.05) is 5.32 Å². The maximum Gasteiger partial charge on any atom is 0.356 e. The zero-order chi connectivity index (χ0) is 19.4. The standard InChI is InChI=1S/C20H16N4O3/c1-13-2-8-16(9-3-13)19(25)22-18-10-17(20(26)27)23-24(18)12-15-6-4-14(11-21)5-7-15/h2-10H,12H2,1H3,(H,22,25)(H,26,27). The van der Waals surface area contributed by atoms with E-state index in [1.165, 1.54) is 10.7 Å². The molecule has 3 rings (SSSR count). The summed E-state index contributed by atoms with van der Waals surface area (Å²) in [7, 11) is 0. The number of nitrogens with zero attached hydrogens (tertiary/aromatic N) is 3. The molecular formula is C20H16N4O3. The van der Waals surface area contributed by atoms with Crippen LogP contribution in [0, 0.1) is 18.3 Å². The SMILES string of the molecule is Cc1ccc(C(=O)Nc2cc(C(=O)O)nn2Cc2ccc(C#N)cc2)cc1. The van der Waals surface area contributed by atoms with Gasteiger partial charge >= 0.3 is 5.97 Å². The van der Waals surface area contributed by atoms with Crippen LogP contribution in [0.5, 0.6) is 0 Å². The van der Waals surface area contributed by atoms with Crippen molar-refractivity contribution >= 4 is 17.7 Å². The van der Waals surface area contributed by atoms with Crippen molar-refractivity contribution in [1.29, 1.82) is 5.26 Å². The Hall–Kier alpha value is -3.92. The molecule has 3 aromatic rings. The van der Waals surface area contributed by atoms with Crippen LogP contribution in [-0.4, -0.2) is 26.8 Å². The monoisotopic (exact) mass is 360 g/mol. The number of carbonyl (C=O) groups is 2. The van der Waals surface area contributed by atoms with Crippen molar-refractivity contribution in [2.24, 2.45) is 0 Å². The van der Waals surface area contributed by atoms with Crippen molar-refractivity contribution in [1.82, 2.24) is 9.78 Å². The van der Waals surface area contributed by atoms with Gasteiger partial charge in [0.25, 0.3) is 5.91 Å². The summed E-state index contributed by atoms with van der Waals surface area (Å²) in [5.74, 6) is -1.25. The highest BCUT2D eigenvalue weighted by atomic mass is 16.4. The molecule has 7 nitrogen and oxygen atoms in total. The smallest absolute Gasteiger partial charge is 0.356 e. The van der Waals surface area contributed by atoms with Crippen LogP contribution >= 0.6 is 0 Å². The molecule has 0 atom stereocenters. The Kier molecular flexibility index (Phi) is 4.99. The summed E-state index contributed by atoms with van der Waals surface area (Å²) < 4.78 is 1.41. The lowest BCUT2D eigenvalue weighted by Crippen LogP contribution is -2.16. The number of aryl methyl sites for hydroxylation is 1. The van der Waals surface area contributed by atoms with Crippen molar-refractivity contribution in [3.63, 3.8) is 0 Å². The van der Waals surface area contributed by atoms with Crippen molar-refractivity contribution in [3.05, 3.63) is 82.5 Å². The van der Waals surface area contributed by atoms with Gasteiger partial charge in [0, 0.05) is 11.6 Å². The first-order chi connectivity index (χ1) is 13.0. The molecule has 2 N–H and O–H groups in total. The number of rotatable bonds is 5. The summed E-state index contributed by atoms with van der Waals surface area (Å²) in [5.41, 5.74) is 2.68. The van der Waals surface area contributed by atoms with Gasteiger partial charge in [-0.2, -0.15) is 10.4 Å². The number of carboxylic acid groups (broad SMARTS) is 1. The fraction of sp³-hybridized carbons (Fsp3) is 0.100. The third kappa shape index (κ3) is 4.19. The van der Waals surface area contributed by atoms with E-state index in [0.717, 1.165) is 11.1 Å². The predicted octanol–water partition coefficient (Wildman–Crippen LogP) is 3.06. The van der Waals surface area contributed by atoms with Crippen molar-refractivity contribution in [3.8, 4) is 6.07 Å². The number of amides is 1. The lowest BCUT2D eigenvalue weighted by atomic mass is 10.1. The third-order valence-electron chi connectivity index (χ3n) is 3.97. The van der Waals surface area contributed by atoms with E-state index in [4.69, 9.17) is 5.26 Å². The summed E-state index contributed by atoms with van der Waals surface area (Å²) in [5, 5.41) is 24.8. The quantitative estimate of drug-likeness (QED) is 0.727. The molecule has 0 aliphatic carbocycles. The maximum atomic E-state index is 12.5. The van der Waals surface area contributed by atoms with Crippen LogP contribution in [0.4, 0.5) is 5.82 Å². The van der Waals surface area contributed by atoms with Crippen LogP contribution < -0.4 is 5.32 Å². The molecule has 0 radical (unpaired) electrons. The predicted molar refractivity (Wildman–Crippen MR) is 98.6 cm³/mol. The Balaban J connectivity index is 1.87. The van der Waals surface area contributed by atoms with Crippen LogP contribution in [-0.2, 0) is 6.54 Å². The molecule has 0 spiro atoms. The van der Waals surface area contributed by atoms with E-state index in [1.54, 1.807) is 36.4 Å².